The highest BCUT2D eigenvalue weighted by Crippen LogP contribution is 2.27. The van der Waals surface area contributed by atoms with Gasteiger partial charge in [-0.1, -0.05) is 0 Å². The molecule has 0 aromatic carbocycles. The Hall–Kier alpha value is -1.09. The van der Waals surface area contributed by atoms with Crippen molar-refractivity contribution in [2.75, 3.05) is 0 Å². The van der Waals surface area contributed by atoms with Crippen molar-refractivity contribution in [3.63, 3.8) is 0 Å². The summed E-state index contributed by atoms with van der Waals surface area (Å²) in [5.74, 6) is -0.400. The van der Waals surface area contributed by atoms with Gasteiger partial charge in [0, 0.05) is 15.8 Å². The third-order valence-electron chi connectivity index (χ3n) is 2.03. The van der Waals surface area contributed by atoms with Crippen LogP contribution in [-0.4, -0.2) is 5.91 Å². The summed E-state index contributed by atoms with van der Waals surface area (Å²) < 4.78 is 0. The smallest absolute Gasteiger partial charge is 0.241 e. The molecule has 1 aromatic rings. The Morgan fingerprint density at radius 3 is 2.31 bits per heavy atom. The third kappa shape index (κ3) is 2.18. The molecule has 0 spiro atoms. The van der Waals surface area contributed by atoms with Crippen LogP contribution in [0.1, 0.15) is 20.9 Å². The zero-order valence-corrected chi connectivity index (χ0v) is 8.87. The van der Waals surface area contributed by atoms with Gasteiger partial charge in [0.25, 0.3) is 0 Å². The van der Waals surface area contributed by atoms with Crippen LogP contribution in [0.25, 0.3) is 6.08 Å². The van der Waals surface area contributed by atoms with Crippen LogP contribution >= 0.6 is 11.3 Å². The first-order valence-electron chi connectivity index (χ1n) is 4.06. The first kappa shape index (κ1) is 9.99. The summed E-state index contributed by atoms with van der Waals surface area (Å²) in [5.41, 5.74) is 7.39. The standard InChI is InChI=1S/C10H13NOS/c1-6-7(2)13-8(3)9(6)4-5-10(11)12/h4-5H,1-3H3,(H2,11,12)/b5-4+. The van der Waals surface area contributed by atoms with Crippen LogP contribution in [0, 0.1) is 20.8 Å². The number of carbonyl (C=O) groups excluding carboxylic acids is 1. The van der Waals surface area contributed by atoms with Crippen molar-refractivity contribution in [3.05, 3.63) is 27.0 Å². The van der Waals surface area contributed by atoms with Crippen molar-refractivity contribution in [2.24, 2.45) is 5.73 Å². The highest BCUT2D eigenvalue weighted by molar-refractivity contribution is 7.12. The molecule has 2 N–H and O–H groups in total. The van der Waals surface area contributed by atoms with E-state index in [1.54, 1.807) is 17.4 Å². The maximum Gasteiger partial charge on any atom is 0.241 e. The van der Waals surface area contributed by atoms with E-state index in [4.69, 9.17) is 5.73 Å². The van der Waals surface area contributed by atoms with Gasteiger partial charge < -0.3 is 5.73 Å². The number of rotatable bonds is 2. The van der Waals surface area contributed by atoms with Crippen LogP contribution in [0.2, 0.25) is 0 Å². The van der Waals surface area contributed by atoms with Gasteiger partial charge in [-0.05, 0) is 38.0 Å². The number of primary amides is 1. The minimum absolute atomic E-state index is 0.400. The van der Waals surface area contributed by atoms with E-state index in [2.05, 4.69) is 13.8 Å². The first-order chi connectivity index (χ1) is 6.02. The Labute approximate surface area is 82.1 Å². The molecule has 3 heteroatoms. The zero-order chi connectivity index (χ0) is 10.0. The van der Waals surface area contributed by atoms with Gasteiger partial charge in [0.1, 0.15) is 0 Å². The molecule has 1 heterocycles. The summed E-state index contributed by atoms with van der Waals surface area (Å²) in [5, 5.41) is 0. The Balaban J connectivity index is 3.07. The van der Waals surface area contributed by atoms with Crippen LogP contribution in [0.4, 0.5) is 0 Å². The second kappa shape index (κ2) is 3.75. The number of hydrogen-bond acceptors (Lipinski definition) is 2. The fourth-order valence-electron chi connectivity index (χ4n) is 1.22. The Kier molecular flexibility index (Phi) is 2.88. The number of amides is 1. The quantitative estimate of drug-likeness (QED) is 0.722. The molecule has 0 aliphatic carbocycles. The van der Waals surface area contributed by atoms with Gasteiger partial charge in [-0.15, -0.1) is 11.3 Å². The summed E-state index contributed by atoms with van der Waals surface area (Å²) >= 11 is 1.74. The summed E-state index contributed by atoms with van der Waals surface area (Å²) in [6.07, 6.45) is 3.19. The van der Waals surface area contributed by atoms with Crippen molar-refractivity contribution < 1.29 is 4.79 Å². The lowest BCUT2D eigenvalue weighted by molar-refractivity contribution is -0.113. The number of hydrogen-bond donors (Lipinski definition) is 1. The second-order valence-electron chi connectivity index (χ2n) is 2.99. The molecule has 0 saturated carbocycles. The maximum absolute atomic E-state index is 10.5. The van der Waals surface area contributed by atoms with Crippen LogP contribution in [0.5, 0.6) is 0 Å². The highest BCUT2D eigenvalue weighted by atomic mass is 32.1. The predicted octanol–water partition coefficient (Wildman–Crippen LogP) is 2.17. The number of aryl methyl sites for hydroxylation is 2. The van der Waals surface area contributed by atoms with E-state index < -0.39 is 5.91 Å². The van der Waals surface area contributed by atoms with E-state index in [1.807, 2.05) is 6.92 Å². The molecule has 2 nitrogen and oxygen atoms in total. The third-order valence-corrected chi connectivity index (χ3v) is 3.17. The molecule has 0 atom stereocenters. The maximum atomic E-state index is 10.5. The monoisotopic (exact) mass is 195 g/mol. The van der Waals surface area contributed by atoms with Crippen molar-refractivity contribution in [3.8, 4) is 0 Å². The lowest BCUT2D eigenvalue weighted by atomic mass is 10.1. The van der Waals surface area contributed by atoms with Gasteiger partial charge in [-0.2, -0.15) is 0 Å². The molecule has 0 aliphatic heterocycles. The number of nitrogens with two attached hydrogens (primary N) is 1. The SMILES string of the molecule is Cc1sc(C)c(/C=C/C(N)=O)c1C. The average Bonchev–Trinajstić information content (AvgIpc) is 2.24. The molecule has 0 radical (unpaired) electrons. The van der Waals surface area contributed by atoms with Crippen LogP contribution < -0.4 is 5.73 Å². The minimum atomic E-state index is -0.400. The van der Waals surface area contributed by atoms with E-state index in [0.717, 1.165) is 5.56 Å². The van der Waals surface area contributed by atoms with Gasteiger partial charge in [-0.3, -0.25) is 4.79 Å². The Bertz CT molecular complexity index is 363. The zero-order valence-electron chi connectivity index (χ0n) is 8.05. The predicted molar refractivity (Wildman–Crippen MR) is 56.8 cm³/mol. The van der Waals surface area contributed by atoms with Crippen LogP contribution in [0.3, 0.4) is 0 Å². The first-order valence-corrected chi connectivity index (χ1v) is 4.88. The van der Waals surface area contributed by atoms with Gasteiger partial charge in [-0.25, -0.2) is 0 Å². The molecule has 0 saturated heterocycles. The molecule has 1 rings (SSSR count). The van der Waals surface area contributed by atoms with Gasteiger partial charge in [0.15, 0.2) is 0 Å². The second-order valence-corrected chi connectivity index (χ2v) is 4.42. The normalized spacial score (nSPS) is 11.0. The largest absolute Gasteiger partial charge is 0.366 e. The fraction of sp³-hybridized carbons (Fsp3) is 0.300. The van der Waals surface area contributed by atoms with Gasteiger partial charge >= 0.3 is 0 Å². The van der Waals surface area contributed by atoms with E-state index >= 15 is 0 Å². The summed E-state index contributed by atoms with van der Waals surface area (Å²) in [6.45, 7) is 6.18. The number of thiophene rings is 1. The minimum Gasteiger partial charge on any atom is -0.366 e. The summed E-state index contributed by atoms with van der Waals surface area (Å²) in [7, 11) is 0. The van der Waals surface area contributed by atoms with E-state index in [-0.39, 0.29) is 0 Å². The van der Waals surface area contributed by atoms with Gasteiger partial charge in [0.05, 0.1) is 0 Å². The Morgan fingerprint density at radius 1 is 1.31 bits per heavy atom. The van der Waals surface area contributed by atoms with Crippen LogP contribution in [-0.2, 0) is 4.79 Å². The van der Waals surface area contributed by atoms with E-state index in [0.29, 0.717) is 0 Å². The topological polar surface area (TPSA) is 43.1 Å². The molecule has 0 unspecified atom stereocenters. The molecule has 0 aliphatic rings. The molecule has 1 amide bonds. The van der Waals surface area contributed by atoms with E-state index in [9.17, 15) is 4.79 Å². The van der Waals surface area contributed by atoms with Crippen molar-refractivity contribution >= 4 is 23.3 Å². The highest BCUT2D eigenvalue weighted by Gasteiger charge is 2.05. The van der Waals surface area contributed by atoms with Crippen molar-refractivity contribution in [1.29, 1.82) is 0 Å². The summed E-state index contributed by atoms with van der Waals surface area (Å²) in [4.78, 5) is 13.1. The Morgan fingerprint density at radius 2 is 1.92 bits per heavy atom. The van der Waals surface area contributed by atoms with Crippen LogP contribution in [0.15, 0.2) is 6.08 Å². The molecule has 0 bridgehead atoms. The lowest BCUT2D eigenvalue weighted by Gasteiger charge is -1.93. The molecule has 0 fully saturated rings. The van der Waals surface area contributed by atoms with Crippen molar-refractivity contribution in [2.45, 2.75) is 20.8 Å². The van der Waals surface area contributed by atoms with Gasteiger partial charge in [0.2, 0.25) is 5.91 Å². The molecule has 70 valence electrons. The average molecular weight is 195 g/mol. The molecular weight excluding hydrogens is 182 g/mol. The van der Waals surface area contributed by atoms with Crippen molar-refractivity contribution in [1.82, 2.24) is 0 Å². The lowest BCUT2D eigenvalue weighted by Crippen LogP contribution is -2.05. The van der Waals surface area contributed by atoms with E-state index in [1.165, 1.54) is 21.4 Å². The fourth-order valence-corrected chi connectivity index (χ4v) is 2.28. The summed E-state index contributed by atoms with van der Waals surface area (Å²) in [6, 6.07) is 0. The number of carbonyl (C=O) groups is 1. The molecular formula is C10H13NOS. The molecule has 13 heavy (non-hydrogen) atoms. The molecule has 1 aromatic heterocycles.